The van der Waals surface area contributed by atoms with Crippen molar-refractivity contribution in [3.05, 3.63) is 58.4 Å². The number of nitriles is 1. The Morgan fingerprint density at radius 1 is 1.30 bits per heavy atom. The number of ether oxygens (including phenoxy) is 1. The van der Waals surface area contributed by atoms with Crippen molar-refractivity contribution < 1.29 is 9.13 Å². The van der Waals surface area contributed by atoms with Crippen LogP contribution in [0.1, 0.15) is 11.1 Å². The minimum Gasteiger partial charge on any atom is -0.495 e. The third kappa shape index (κ3) is 3.19. The summed E-state index contributed by atoms with van der Waals surface area (Å²) in [5.74, 6) is 0.151. The number of hydrogen-bond acceptors (Lipinski definition) is 3. The van der Waals surface area contributed by atoms with Gasteiger partial charge in [0.1, 0.15) is 17.6 Å². The lowest BCUT2D eigenvalue weighted by Crippen LogP contribution is -2.01. The molecule has 3 nitrogen and oxygen atoms in total. The summed E-state index contributed by atoms with van der Waals surface area (Å²) in [6.07, 6.45) is 0. The second-order valence-corrected chi connectivity index (χ2v) is 4.53. The van der Waals surface area contributed by atoms with Crippen molar-refractivity contribution in [3.8, 4) is 11.8 Å². The average Bonchev–Trinajstić information content (AvgIpc) is 2.46. The number of rotatable bonds is 4. The molecule has 0 saturated heterocycles. The van der Waals surface area contributed by atoms with Gasteiger partial charge in [0.05, 0.1) is 23.4 Å². The second-order valence-electron chi connectivity index (χ2n) is 4.12. The third-order valence-electron chi connectivity index (χ3n) is 2.80. The highest BCUT2D eigenvalue weighted by Gasteiger charge is 2.05. The Morgan fingerprint density at radius 3 is 2.75 bits per heavy atom. The minimum absolute atomic E-state index is 0.325. The molecule has 2 aromatic rings. The van der Waals surface area contributed by atoms with Crippen LogP contribution in [0.2, 0.25) is 5.02 Å². The van der Waals surface area contributed by atoms with Crippen molar-refractivity contribution >= 4 is 17.3 Å². The molecule has 0 aromatic heterocycles. The molecule has 0 bridgehead atoms. The maximum Gasteiger partial charge on any atom is 0.136 e. The summed E-state index contributed by atoms with van der Waals surface area (Å²) in [6.45, 7) is 0.493. The lowest BCUT2D eigenvalue weighted by molar-refractivity contribution is 0.413. The first-order valence-electron chi connectivity index (χ1n) is 5.90. The topological polar surface area (TPSA) is 45.0 Å². The highest BCUT2D eigenvalue weighted by atomic mass is 35.5. The molecule has 102 valence electrons. The van der Waals surface area contributed by atoms with E-state index >= 15 is 0 Å². The maximum atomic E-state index is 12.9. The van der Waals surface area contributed by atoms with Crippen LogP contribution >= 0.6 is 11.6 Å². The standard InChI is InChI=1S/C15H12ClFN2O/c1-20-15-6-10(2-3-11(15)8-18)9-19-14-5-4-12(17)7-13(14)16/h2-7,19H,9H2,1H3. The third-order valence-corrected chi connectivity index (χ3v) is 3.11. The van der Waals surface area contributed by atoms with Crippen LogP contribution in [0.4, 0.5) is 10.1 Å². The molecule has 2 rings (SSSR count). The van der Waals surface area contributed by atoms with Crippen LogP contribution < -0.4 is 10.1 Å². The molecule has 0 aliphatic heterocycles. The first-order valence-corrected chi connectivity index (χ1v) is 6.28. The number of nitrogens with one attached hydrogen (secondary N) is 1. The molecule has 0 fully saturated rings. The van der Waals surface area contributed by atoms with E-state index in [9.17, 15) is 4.39 Å². The fourth-order valence-electron chi connectivity index (χ4n) is 1.77. The quantitative estimate of drug-likeness (QED) is 0.926. The maximum absolute atomic E-state index is 12.9. The van der Waals surface area contributed by atoms with E-state index in [-0.39, 0.29) is 5.82 Å². The normalized spacial score (nSPS) is 9.90. The Labute approximate surface area is 121 Å². The zero-order valence-corrected chi connectivity index (χ0v) is 11.5. The molecule has 0 heterocycles. The lowest BCUT2D eigenvalue weighted by atomic mass is 10.1. The van der Waals surface area contributed by atoms with Crippen LogP contribution in [0.15, 0.2) is 36.4 Å². The predicted molar refractivity (Wildman–Crippen MR) is 76.4 cm³/mol. The van der Waals surface area contributed by atoms with Crippen molar-refractivity contribution in [3.63, 3.8) is 0 Å². The number of anilines is 1. The van der Waals surface area contributed by atoms with Gasteiger partial charge in [0.25, 0.3) is 0 Å². The van der Waals surface area contributed by atoms with Crippen molar-refractivity contribution in [1.29, 1.82) is 5.26 Å². The van der Waals surface area contributed by atoms with Crippen molar-refractivity contribution in [2.24, 2.45) is 0 Å². The molecule has 0 radical (unpaired) electrons. The summed E-state index contributed by atoms with van der Waals surface area (Å²) in [7, 11) is 1.52. The van der Waals surface area contributed by atoms with Crippen molar-refractivity contribution in [2.75, 3.05) is 12.4 Å². The molecule has 0 unspecified atom stereocenters. The first-order chi connectivity index (χ1) is 9.63. The van der Waals surface area contributed by atoms with E-state index in [2.05, 4.69) is 11.4 Å². The van der Waals surface area contributed by atoms with Crippen LogP contribution in [-0.2, 0) is 6.54 Å². The van der Waals surface area contributed by atoms with Gasteiger partial charge < -0.3 is 10.1 Å². The van der Waals surface area contributed by atoms with E-state index in [1.165, 1.54) is 19.2 Å². The van der Waals surface area contributed by atoms with Crippen LogP contribution in [0.3, 0.4) is 0 Å². The van der Waals surface area contributed by atoms with Gasteiger partial charge in [-0.1, -0.05) is 17.7 Å². The largest absolute Gasteiger partial charge is 0.495 e. The van der Waals surface area contributed by atoms with Gasteiger partial charge in [-0.05, 0) is 35.9 Å². The summed E-state index contributed by atoms with van der Waals surface area (Å²) < 4.78 is 18.1. The Kier molecular flexibility index (Phi) is 4.44. The molecule has 0 amide bonds. The van der Waals surface area contributed by atoms with Crippen LogP contribution in [0, 0.1) is 17.1 Å². The molecule has 0 aliphatic carbocycles. The van der Waals surface area contributed by atoms with Gasteiger partial charge in [-0.25, -0.2) is 4.39 Å². The Balaban J connectivity index is 2.13. The monoisotopic (exact) mass is 290 g/mol. The minimum atomic E-state index is -0.374. The van der Waals surface area contributed by atoms with Gasteiger partial charge >= 0.3 is 0 Å². The molecule has 5 heteroatoms. The zero-order valence-electron chi connectivity index (χ0n) is 10.8. The average molecular weight is 291 g/mol. The van der Waals surface area contributed by atoms with Crippen LogP contribution in [-0.4, -0.2) is 7.11 Å². The molecule has 2 aromatic carbocycles. The smallest absolute Gasteiger partial charge is 0.136 e. The highest BCUT2D eigenvalue weighted by molar-refractivity contribution is 6.33. The van der Waals surface area contributed by atoms with Crippen LogP contribution in [0.25, 0.3) is 0 Å². The number of hydrogen-bond donors (Lipinski definition) is 1. The molecule has 0 spiro atoms. The summed E-state index contributed by atoms with van der Waals surface area (Å²) >= 11 is 5.93. The molecule has 0 atom stereocenters. The summed E-state index contributed by atoms with van der Waals surface area (Å²) in [5, 5.41) is 12.3. The number of nitrogens with zero attached hydrogens (tertiary/aromatic N) is 1. The van der Waals surface area contributed by atoms with Gasteiger partial charge in [-0.15, -0.1) is 0 Å². The van der Waals surface area contributed by atoms with Gasteiger partial charge in [0.2, 0.25) is 0 Å². The van der Waals surface area contributed by atoms with E-state index in [1.54, 1.807) is 18.2 Å². The van der Waals surface area contributed by atoms with E-state index in [0.717, 1.165) is 5.56 Å². The molecule has 0 aliphatic rings. The molecular formula is C15H12ClFN2O. The van der Waals surface area contributed by atoms with E-state index in [0.29, 0.717) is 28.6 Å². The SMILES string of the molecule is COc1cc(CNc2ccc(F)cc2Cl)ccc1C#N. The van der Waals surface area contributed by atoms with Crippen LogP contribution in [0.5, 0.6) is 5.75 Å². The fourth-order valence-corrected chi connectivity index (χ4v) is 2.00. The van der Waals surface area contributed by atoms with Gasteiger partial charge in [-0.3, -0.25) is 0 Å². The summed E-state index contributed by atoms with van der Waals surface area (Å²) in [4.78, 5) is 0. The van der Waals surface area contributed by atoms with Gasteiger partial charge in [0.15, 0.2) is 0 Å². The summed E-state index contributed by atoms with van der Waals surface area (Å²) in [6, 6.07) is 11.5. The van der Waals surface area contributed by atoms with Gasteiger partial charge in [0, 0.05) is 6.54 Å². The van der Waals surface area contributed by atoms with Crippen molar-refractivity contribution in [2.45, 2.75) is 6.54 Å². The Bertz CT molecular complexity index is 667. The Morgan fingerprint density at radius 2 is 2.10 bits per heavy atom. The molecule has 1 N–H and O–H groups in total. The zero-order chi connectivity index (χ0) is 14.5. The van der Waals surface area contributed by atoms with E-state index in [4.69, 9.17) is 21.6 Å². The highest BCUT2D eigenvalue weighted by Crippen LogP contribution is 2.24. The fraction of sp³-hybridized carbons (Fsp3) is 0.133. The predicted octanol–water partition coefficient (Wildman–Crippen LogP) is 3.97. The number of benzene rings is 2. The number of halogens is 2. The second kappa shape index (κ2) is 6.27. The number of methoxy groups -OCH3 is 1. The van der Waals surface area contributed by atoms with E-state index in [1.807, 2.05) is 6.07 Å². The molecular weight excluding hydrogens is 279 g/mol. The molecule has 0 saturated carbocycles. The van der Waals surface area contributed by atoms with E-state index < -0.39 is 0 Å². The first kappa shape index (κ1) is 14.2. The Hall–Kier alpha value is -2.25. The molecule has 20 heavy (non-hydrogen) atoms. The lowest BCUT2D eigenvalue weighted by Gasteiger charge is -2.10. The van der Waals surface area contributed by atoms with Crippen molar-refractivity contribution in [1.82, 2.24) is 0 Å². The van der Waals surface area contributed by atoms with Gasteiger partial charge in [-0.2, -0.15) is 5.26 Å². The summed E-state index contributed by atoms with van der Waals surface area (Å²) in [5.41, 5.74) is 2.06.